The Morgan fingerprint density at radius 1 is 1.26 bits per heavy atom. The minimum absolute atomic E-state index is 0.164. The lowest BCUT2D eigenvalue weighted by molar-refractivity contribution is -0.151. The maximum atomic E-state index is 12.4. The number of para-hydroxylation sites is 1. The summed E-state index contributed by atoms with van der Waals surface area (Å²) in [5, 5.41) is 2.78. The molecule has 2 heterocycles. The number of thiazole rings is 1. The molecule has 1 aliphatic heterocycles. The smallest absolute Gasteiger partial charge is 0.313 e. The van der Waals surface area contributed by atoms with E-state index in [1.54, 1.807) is 7.11 Å². The van der Waals surface area contributed by atoms with Gasteiger partial charge in [-0.05, 0) is 30.2 Å². The molecule has 1 atom stereocenters. The van der Waals surface area contributed by atoms with E-state index >= 15 is 0 Å². The molecule has 0 saturated carbocycles. The second-order valence-electron chi connectivity index (χ2n) is 6.30. The topological polar surface area (TPSA) is 57.7 Å². The van der Waals surface area contributed by atoms with Gasteiger partial charge in [-0.15, -0.1) is 11.3 Å². The predicted molar refractivity (Wildman–Crippen MR) is 103 cm³/mol. The molecule has 6 heteroatoms. The molecular weight excluding hydrogens is 362 g/mol. The Morgan fingerprint density at radius 2 is 2.15 bits per heavy atom. The molecular formula is C21H19NO4S. The summed E-state index contributed by atoms with van der Waals surface area (Å²) < 4.78 is 16.4. The van der Waals surface area contributed by atoms with Crippen LogP contribution in [0.2, 0.25) is 0 Å². The van der Waals surface area contributed by atoms with Gasteiger partial charge in [0.1, 0.15) is 29.7 Å². The predicted octanol–water partition coefficient (Wildman–Crippen LogP) is 4.11. The van der Waals surface area contributed by atoms with E-state index in [4.69, 9.17) is 14.2 Å². The van der Waals surface area contributed by atoms with Crippen LogP contribution >= 0.6 is 11.3 Å². The van der Waals surface area contributed by atoms with Gasteiger partial charge < -0.3 is 14.2 Å². The first kappa shape index (κ1) is 17.5. The van der Waals surface area contributed by atoms with E-state index in [0.717, 1.165) is 33.3 Å². The monoisotopic (exact) mass is 381 g/mol. The van der Waals surface area contributed by atoms with Gasteiger partial charge in [0.2, 0.25) is 0 Å². The Balaban J connectivity index is 1.37. The van der Waals surface area contributed by atoms with Gasteiger partial charge in [-0.3, -0.25) is 4.79 Å². The zero-order valence-electron chi connectivity index (χ0n) is 14.9. The van der Waals surface area contributed by atoms with Gasteiger partial charge in [0.05, 0.1) is 18.7 Å². The third-order valence-corrected chi connectivity index (χ3v) is 5.38. The van der Waals surface area contributed by atoms with Gasteiger partial charge in [0.25, 0.3) is 0 Å². The number of carbonyl (C=O) groups is 1. The average Bonchev–Trinajstić information content (AvgIpc) is 3.21. The fourth-order valence-electron chi connectivity index (χ4n) is 3.00. The minimum Gasteiger partial charge on any atom is -0.497 e. The lowest BCUT2D eigenvalue weighted by atomic mass is 9.97. The maximum Gasteiger partial charge on any atom is 0.313 e. The SMILES string of the molecule is COc1cccc(-c2nc(COC(=O)C3COc4ccccc4C3)cs2)c1. The second-order valence-corrected chi connectivity index (χ2v) is 7.16. The van der Waals surface area contributed by atoms with Gasteiger partial charge in [-0.25, -0.2) is 4.98 Å². The normalized spacial score (nSPS) is 15.5. The minimum atomic E-state index is -0.281. The standard InChI is InChI=1S/C21H19NO4S/c1-24-18-7-4-6-15(10-18)20-22-17(13-27-20)12-26-21(23)16-9-14-5-2-3-8-19(14)25-11-16/h2-8,10,13,16H,9,11-12H2,1H3. The van der Waals surface area contributed by atoms with Crippen molar-refractivity contribution >= 4 is 17.3 Å². The van der Waals surface area contributed by atoms with E-state index < -0.39 is 0 Å². The molecule has 1 aromatic heterocycles. The number of fused-ring (bicyclic) bond motifs is 1. The second kappa shape index (κ2) is 7.80. The van der Waals surface area contributed by atoms with Crippen molar-refractivity contribution in [3.8, 4) is 22.1 Å². The Morgan fingerprint density at radius 3 is 3.04 bits per heavy atom. The van der Waals surface area contributed by atoms with E-state index in [1.165, 1.54) is 11.3 Å². The molecule has 0 spiro atoms. The van der Waals surface area contributed by atoms with Crippen molar-refractivity contribution in [2.75, 3.05) is 13.7 Å². The van der Waals surface area contributed by atoms with Crippen LogP contribution in [-0.4, -0.2) is 24.7 Å². The summed E-state index contributed by atoms with van der Waals surface area (Å²) in [6.45, 7) is 0.513. The zero-order chi connectivity index (χ0) is 18.6. The lowest BCUT2D eigenvalue weighted by Crippen LogP contribution is -2.29. The van der Waals surface area contributed by atoms with Gasteiger partial charge in [-0.1, -0.05) is 30.3 Å². The molecule has 0 radical (unpaired) electrons. The van der Waals surface area contributed by atoms with Crippen LogP contribution in [0.25, 0.3) is 10.6 Å². The van der Waals surface area contributed by atoms with Crippen LogP contribution in [-0.2, 0) is 22.6 Å². The van der Waals surface area contributed by atoms with Crippen molar-refractivity contribution in [3.05, 3.63) is 65.2 Å². The molecule has 0 bridgehead atoms. The summed E-state index contributed by atoms with van der Waals surface area (Å²) in [6.07, 6.45) is 0.640. The summed E-state index contributed by atoms with van der Waals surface area (Å²) in [5.74, 6) is 1.11. The van der Waals surface area contributed by atoms with Crippen LogP contribution in [0.5, 0.6) is 11.5 Å². The molecule has 0 fully saturated rings. The Labute approximate surface area is 161 Å². The third kappa shape index (κ3) is 3.95. The van der Waals surface area contributed by atoms with E-state index in [0.29, 0.717) is 13.0 Å². The zero-order valence-corrected chi connectivity index (χ0v) is 15.7. The summed E-state index contributed by atoms with van der Waals surface area (Å²) in [6, 6.07) is 15.5. The largest absolute Gasteiger partial charge is 0.497 e. The highest BCUT2D eigenvalue weighted by Gasteiger charge is 2.27. The van der Waals surface area contributed by atoms with Crippen molar-refractivity contribution in [1.29, 1.82) is 0 Å². The fraction of sp³-hybridized carbons (Fsp3) is 0.238. The molecule has 1 unspecified atom stereocenters. The number of nitrogens with zero attached hydrogens (tertiary/aromatic N) is 1. The van der Waals surface area contributed by atoms with Crippen molar-refractivity contribution in [2.45, 2.75) is 13.0 Å². The Hall–Kier alpha value is -2.86. The quantitative estimate of drug-likeness (QED) is 0.623. The van der Waals surface area contributed by atoms with E-state index in [2.05, 4.69) is 4.98 Å². The van der Waals surface area contributed by atoms with Crippen LogP contribution in [0.3, 0.4) is 0 Å². The van der Waals surface area contributed by atoms with Gasteiger partial charge in [0.15, 0.2) is 0 Å². The molecule has 0 N–H and O–H groups in total. The molecule has 27 heavy (non-hydrogen) atoms. The average molecular weight is 381 g/mol. The maximum absolute atomic E-state index is 12.4. The first-order chi connectivity index (χ1) is 13.2. The Kier molecular flexibility index (Phi) is 5.07. The molecule has 0 aliphatic carbocycles. The van der Waals surface area contributed by atoms with Crippen molar-refractivity contribution in [3.63, 3.8) is 0 Å². The molecule has 3 aromatic rings. The first-order valence-electron chi connectivity index (χ1n) is 8.69. The highest BCUT2D eigenvalue weighted by Crippen LogP contribution is 2.29. The molecule has 5 nitrogen and oxygen atoms in total. The number of carbonyl (C=O) groups excluding carboxylic acids is 1. The van der Waals surface area contributed by atoms with Gasteiger partial charge in [-0.2, -0.15) is 0 Å². The summed E-state index contributed by atoms with van der Waals surface area (Å²) in [4.78, 5) is 17.0. The number of rotatable bonds is 5. The van der Waals surface area contributed by atoms with Crippen LogP contribution < -0.4 is 9.47 Å². The van der Waals surface area contributed by atoms with Crippen molar-refractivity contribution in [1.82, 2.24) is 4.98 Å². The molecule has 4 rings (SSSR count). The number of benzene rings is 2. The highest BCUT2D eigenvalue weighted by atomic mass is 32.1. The number of hydrogen-bond acceptors (Lipinski definition) is 6. The number of esters is 1. The number of methoxy groups -OCH3 is 1. The van der Waals surface area contributed by atoms with Crippen LogP contribution in [0.1, 0.15) is 11.3 Å². The summed E-state index contributed by atoms with van der Waals surface area (Å²) in [7, 11) is 1.64. The lowest BCUT2D eigenvalue weighted by Gasteiger charge is -2.23. The van der Waals surface area contributed by atoms with Crippen LogP contribution in [0.15, 0.2) is 53.9 Å². The highest BCUT2D eigenvalue weighted by molar-refractivity contribution is 7.13. The van der Waals surface area contributed by atoms with Crippen LogP contribution in [0.4, 0.5) is 0 Å². The summed E-state index contributed by atoms with van der Waals surface area (Å²) in [5.41, 5.74) is 2.76. The Bertz CT molecular complexity index is 953. The molecule has 2 aromatic carbocycles. The summed E-state index contributed by atoms with van der Waals surface area (Å²) >= 11 is 1.52. The van der Waals surface area contributed by atoms with Gasteiger partial charge >= 0.3 is 5.97 Å². The van der Waals surface area contributed by atoms with E-state index in [-0.39, 0.29) is 18.5 Å². The molecule has 0 saturated heterocycles. The molecule has 0 amide bonds. The van der Waals surface area contributed by atoms with Crippen molar-refractivity contribution in [2.24, 2.45) is 5.92 Å². The molecule has 1 aliphatic rings. The van der Waals surface area contributed by atoms with E-state index in [9.17, 15) is 4.79 Å². The van der Waals surface area contributed by atoms with Crippen molar-refractivity contribution < 1.29 is 19.0 Å². The number of aromatic nitrogens is 1. The fourth-order valence-corrected chi connectivity index (χ4v) is 3.81. The number of hydrogen-bond donors (Lipinski definition) is 0. The third-order valence-electron chi connectivity index (χ3n) is 4.44. The van der Waals surface area contributed by atoms with Gasteiger partial charge in [0, 0.05) is 10.9 Å². The van der Waals surface area contributed by atoms with E-state index in [1.807, 2.05) is 53.9 Å². The first-order valence-corrected chi connectivity index (χ1v) is 9.57. The number of ether oxygens (including phenoxy) is 3. The molecule has 138 valence electrons. The van der Waals surface area contributed by atoms with Crippen LogP contribution in [0, 0.1) is 5.92 Å².